The van der Waals surface area contributed by atoms with E-state index in [1.165, 1.54) is 0 Å². The Morgan fingerprint density at radius 1 is 1.50 bits per heavy atom. The van der Waals surface area contributed by atoms with E-state index in [0.717, 1.165) is 6.26 Å². The van der Waals surface area contributed by atoms with Crippen molar-refractivity contribution in [2.75, 3.05) is 18.6 Å². The number of nitrogens with two attached hydrogens (primary N) is 1. The van der Waals surface area contributed by atoms with Crippen LogP contribution in [-0.4, -0.2) is 38.2 Å². The van der Waals surface area contributed by atoms with E-state index in [9.17, 15) is 13.5 Å². The summed E-state index contributed by atoms with van der Waals surface area (Å²) in [5.41, 5.74) is 5.35. The first-order valence-electron chi connectivity index (χ1n) is 3.96. The molecule has 3 N–H and O–H groups in total. The van der Waals surface area contributed by atoms with Gasteiger partial charge in [0.25, 0.3) is 0 Å². The quantitative estimate of drug-likeness (QED) is 0.612. The third kappa shape index (κ3) is 4.69. The molecule has 4 nitrogen and oxygen atoms in total. The van der Waals surface area contributed by atoms with Gasteiger partial charge in [-0.1, -0.05) is 6.92 Å². The normalized spacial score (nSPS) is 17.3. The lowest BCUT2D eigenvalue weighted by Crippen LogP contribution is -2.32. The Morgan fingerprint density at radius 3 is 2.25 bits per heavy atom. The maximum atomic E-state index is 10.8. The summed E-state index contributed by atoms with van der Waals surface area (Å²) in [6, 6.07) is 0. The first-order valence-corrected chi connectivity index (χ1v) is 6.02. The topological polar surface area (TPSA) is 80.4 Å². The van der Waals surface area contributed by atoms with Crippen LogP contribution >= 0.6 is 0 Å². The first-order chi connectivity index (χ1) is 5.40. The number of aliphatic hydroxyl groups is 1. The highest BCUT2D eigenvalue weighted by molar-refractivity contribution is 7.90. The van der Waals surface area contributed by atoms with Crippen LogP contribution in [0.1, 0.15) is 13.3 Å². The van der Waals surface area contributed by atoms with Crippen molar-refractivity contribution >= 4 is 9.84 Å². The average molecular weight is 195 g/mol. The molecular weight excluding hydrogens is 178 g/mol. The fourth-order valence-electron chi connectivity index (χ4n) is 1.04. The van der Waals surface area contributed by atoms with Gasteiger partial charge in [-0.3, -0.25) is 0 Å². The number of rotatable bonds is 5. The molecule has 0 saturated carbocycles. The Hall–Kier alpha value is -0.130. The van der Waals surface area contributed by atoms with Crippen molar-refractivity contribution in [3.63, 3.8) is 0 Å². The molecule has 0 aromatic carbocycles. The fourth-order valence-corrected chi connectivity index (χ4v) is 1.93. The van der Waals surface area contributed by atoms with Crippen LogP contribution in [-0.2, 0) is 9.84 Å². The van der Waals surface area contributed by atoms with Crippen LogP contribution in [0.2, 0.25) is 0 Å². The standard InChI is InChI=1S/C7H17NO3S/c1-3-6(4-8)7(9)5-12(2,10)11/h6-7,9H,3-5,8H2,1-2H3. The van der Waals surface area contributed by atoms with Gasteiger partial charge in [0.1, 0.15) is 9.84 Å². The molecule has 2 unspecified atom stereocenters. The van der Waals surface area contributed by atoms with Crippen molar-refractivity contribution < 1.29 is 13.5 Å². The van der Waals surface area contributed by atoms with Crippen LogP contribution in [0.25, 0.3) is 0 Å². The van der Waals surface area contributed by atoms with Gasteiger partial charge in [0.15, 0.2) is 0 Å². The number of hydrogen-bond acceptors (Lipinski definition) is 4. The molecule has 0 fully saturated rings. The summed E-state index contributed by atoms with van der Waals surface area (Å²) in [4.78, 5) is 0. The van der Waals surface area contributed by atoms with Crippen molar-refractivity contribution in [3.05, 3.63) is 0 Å². The highest BCUT2D eigenvalue weighted by atomic mass is 32.2. The Bertz CT molecular complexity index is 209. The molecule has 12 heavy (non-hydrogen) atoms. The van der Waals surface area contributed by atoms with Gasteiger partial charge in [-0.25, -0.2) is 8.42 Å². The largest absolute Gasteiger partial charge is 0.392 e. The summed E-state index contributed by atoms with van der Waals surface area (Å²) in [5, 5.41) is 9.39. The minimum absolute atomic E-state index is 0.111. The second-order valence-electron chi connectivity index (χ2n) is 3.06. The Labute approximate surface area is 73.7 Å². The average Bonchev–Trinajstić information content (AvgIpc) is 1.85. The molecule has 74 valence electrons. The van der Waals surface area contributed by atoms with Gasteiger partial charge < -0.3 is 10.8 Å². The van der Waals surface area contributed by atoms with Crippen LogP contribution < -0.4 is 5.73 Å². The third-order valence-electron chi connectivity index (χ3n) is 1.84. The number of hydrogen-bond donors (Lipinski definition) is 2. The van der Waals surface area contributed by atoms with Gasteiger partial charge >= 0.3 is 0 Å². The molecule has 0 radical (unpaired) electrons. The summed E-state index contributed by atoms with van der Waals surface area (Å²) >= 11 is 0. The smallest absolute Gasteiger partial charge is 0.150 e. The van der Waals surface area contributed by atoms with Crippen molar-refractivity contribution in [1.82, 2.24) is 0 Å². The lowest BCUT2D eigenvalue weighted by Gasteiger charge is -2.18. The van der Waals surface area contributed by atoms with Gasteiger partial charge in [-0.15, -0.1) is 0 Å². The van der Waals surface area contributed by atoms with Gasteiger partial charge in [0.05, 0.1) is 11.9 Å². The zero-order chi connectivity index (χ0) is 9.78. The van der Waals surface area contributed by atoms with Crippen molar-refractivity contribution in [2.45, 2.75) is 19.4 Å². The third-order valence-corrected chi connectivity index (χ3v) is 2.79. The van der Waals surface area contributed by atoms with Crippen LogP contribution in [0, 0.1) is 5.92 Å². The van der Waals surface area contributed by atoms with Gasteiger partial charge in [0.2, 0.25) is 0 Å². The predicted octanol–water partition coefficient (Wildman–Crippen LogP) is -0.623. The lowest BCUT2D eigenvalue weighted by molar-refractivity contribution is 0.130. The molecule has 0 aliphatic heterocycles. The molecule has 0 heterocycles. The zero-order valence-corrected chi connectivity index (χ0v) is 8.34. The highest BCUT2D eigenvalue weighted by Gasteiger charge is 2.19. The van der Waals surface area contributed by atoms with Crippen LogP contribution in [0.4, 0.5) is 0 Å². The van der Waals surface area contributed by atoms with E-state index in [-0.39, 0.29) is 11.7 Å². The minimum atomic E-state index is -3.09. The minimum Gasteiger partial charge on any atom is -0.392 e. The van der Waals surface area contributed by atoms with E-state index in [4.69, 9.17) is 5.73 Å². The second-order valence-corrected chi connectivity index (χ2v) is 5.25. The van der Waals surface area contributed by atoms with E-state index in [2.05, 4.69) is 0 Å². The molecule has 0 bridgehead atoms. The highest BCUT2D eigenvalue weighted by Crippen LogP contribution is 2.08. The number of aliphatic hydroxyl groups excluding tert-OH is 1. The fraction of sp³-hybridized carbons (Fsp3) is 1.00. The summed E-state index contributed by atoms with van der Waals surface area (Å²) in [6.07, 6.45) is 0.988. The molecule has 0 amide bonds. The predicted molar refractivity (Wildman–Crippen MR) is 48.6 cm³/mol. The second kappa shape index (κ2) is 4.79. The van der Waals surface area contributed by atoms with Gasteiger partial charge in [-0.05, 0) is 18.9 Å². The summed E-state index contributed by atoms with van der Waals surface area (Å²) in [6.45, 7) is 2.20. The molecule has 0 aromatic heterocycles. The van der Waals surface area contributed by atoms with Crippen molar-refractivity contribution in [3.8, 4) is 0 Å². The van der Waals surface area contributed by atoms with E-state index in [0.29, 0.717) is 13.0 Å². The molecule has 0 aromatic rings. The molecule has 0 rings (SSSR count). The van der Waals surface area contributed by atoms with Crippen LogP contribution in [0.3, 0.4) is 0 Å². The van der Waals surface area contributed by atoms with Gasteiger partial charge in [0, 0.05) is 6.26 Å². The monoisotopic (exact) mass is 195 g/mol. The Kier molecular flexibility index (Phi) is 4.74. The summed E-state index contributed by atoms with van der Waals surface area (Å²) < 4.78 is 21.6. The SMILES string of the molecule is CCC(CN)C(O)CS(C)(=O)=O. The molecule has 0 spiro atoms. The van der Waals surface area contributed by atoms with E-state index in [1.54, 1.807) is 0 Å². The van der Waals surface area contributed by atoms with Crippen LogP contribution in [0.15, 0.2) is 0 Å². The Balaban J connectivity index is 4.10. The lowest BCUT2D eigenvalue weighted by atomic mass is 10.0. The van der Waals surface area contributed by atoms with Crippen LogP contribution in [0.5, 0.6) is 0 Å². The maximum absolute atomic E-state index is 10.8. The molecule has 5 heteroatoms. The molecule has 2 atom stereocenters. The van der Waals surface area contributed by atoms with E-state index < -0.39 is 15.9 Å². The van der Waals surface area contributed by atoms with Crippen molar-refractivity contribution in [2.24, 2.45) is 11.7 Å². The van der Waals surface area contributed by atoms with E-state index in [1.807, 2.05) is 6.92 Å². The Morgan fingerprint density at radius 2 is 2.00 bits per heavy atom. The molecule has 0 saturated heterocycles. The van der Waals surface area contributed by atoms with Gasteiger partial charge in [-0.2, -0.15) is 0 Å². The maximum Gasteiger partial charge on any atom is 0.150 e. The molecule has 0 aliphatic rings. The summed E-state index contributed by atoms with van der Waals surface area (Å²) in [5.74, 6) is -0.303. The zero-order valence-electron chi connectivity index (χ0n) is 7.53. The summed E-state index contributed by atoms with van der Waals surface area (Å²) in [7, 11) is -3.09. The number of sulfone groups is 1. The molecule has 0 aliphatic carbocycles. The van der Waals surface area contributed by atoms with Crippen molar-refractivity contribution in [1.29, 1.82) is 0 Å². The van der Waals surface area contributed by atoms with E-state index >= 15 is 0 Å². The first kappa shape index (κ1) is 11.9. The molecular formula is C7H17NO3S.